The van der Waals surface area contributed by atoms with Crippen LogP contribution in [0.15, 0.2) is 29.1 Å². The monoisotopic (exact) mass is 397 g/mol. The van der Waals surface area contributed by atoms with Crippen LogP contribution in [0.5, 0.6) is 0 Å². The minimum atomic E-state index is -0.0486. The number of piperidine rings is 1. The Kier molecular flexibility index (Phi) is 6.02. The fourth-order valence-electron chi connectivity index (χ4n) is 4.59. The second-order valence-corrected chi connectivity index (χ2v) is 8.19. The molecule has 2 N–H and O–H groups in total. The summed E-state index contributed by atoms with van der Waals surface area (Å²) in [7, 11) is 0. The number of rotatable bonds is 4. The first-order valence-electron chi connectivity index (χ1n) is 11.0. The highest BCUT2D eigenvalue weighted by Crippen LogP contribution is 2.20. The van der Waals surface area contributed by atoms with Crippen molar-refractivity contribution in [1.82, 2.24) is 20.2 Å². The SMILES string of the molecule is CCn1c(=O)c(N2CCC(NC(=O)NC3CCCCC3)CC2)nc2ccccc21. The van der Waals surface area contributed by atoms with Crippen LogP contribution in [0, 0.1) is 0 Å². The van der Waals surface area contributed by atoms with Crippen molar-refractivity contribution in [3.63, 3.8) is 0 Å². The smallest absolute Gasteiger partial charge is 0.315 e. The Labute approximate surface area is 171 Å². The number of nitrogens with one attached hydrogen (secondary N) is 2. The zero-order chi connectivity index (χ0) is 20.2. The number of carbonyl (C=O) groups is 1. The van der Waals surface area contributed by atoms with Gasteiger partial charge in [-0.25, -0.2) is 9.78 Å². The van der Waals surface area contributed by atoms with E-state index in [1.807, 2.05) is 31.2 Å². The maximum atomic E-state index is 13.0. The van der Waals surface area contributed by atoms with E-state index in [0.29, 0.717) is 18.4 Å². The molecule has 0 spiro atoms. The van der Waals surface area contributed by atoms with Crippen molar-refractivity contribution in [2.45, 2.75) is 70.5 Å². The van der Waals surface area contributed by atoms with Crippen LogP contribution in [0.1, 0.15) is 51.9 Å². The van der Waals surface area contributed by atoms with Crippen LogP contribution in [-0.4, -0.2) is 40.8 Å². The average Bonchev–Trinajstić information content (AvgIpc) is 2.75. The molecule has 7 nitrogen and oxygen atoms in total. The van der Waals surface area contributed by atoms with Crippen LogP contribution >= 0.6 is 0 Å². The first-order chi connectivity index (χ1) is 14.2. The van der Waals surface area contributed by atoms with E-state index in [4.69, 9.17) is 0 Å². The van der Waals surface area contributed by atoms with Gasteiger partial charge in [0.1, 0.15) is 0 Å². The molecule has 4 rings (SSSR count). The maximum absolute atomic E-state index is 13.0. The Morgan fingerprint density at radius 1 is 1.03 bits per heavy atom. The normalized spacial score (nSPS) is 18.7. The fourth-order valence-corrected chi connectivity index (χ4v) is 4.59. The van der Waals surface area contributed by atoms with Crippen LogP contribution in [0.25, 0.3) is 11.0 Å². The summed E-state index contributed by atoms with van der Waals surface area (Å²) in [6.07, 6.45) is 7.50. The van der Waals surface area contributed by atoms with Gasteiger partial charge in [-0.2, -0.15) is 0 Å². The van der Waals surface area contributed by atoms with Gasteiger partial charge < -0.3 is 20.1 Å². The number of anilines is 1. The number of urea groups is 1. The van der Waals surface area contributed by atoms with Gasteiger partial charge in [-0.05, 0) is 44.7 Å². The zero-order valence-electron chi connectivity index (χ0n) is 17.2. The van der Waals surface area contributed by atoms with Gasteiger partial charge in [-0.3, -0.25) is 4.79 Å². The van der Waals surface area contributed by atoms with Gasteiger partial charge in [0.25, 0.3) is 5.56 Å². The topological polar surface area (TPSA) is 79.3 Å². The van der Waals surface area contributed by atoms with Gasteiger partial charge in [0.15, 0.2) is 5.82 Å². The lowest BCUT2D eigenvalue weighted by Gasteiger charge is -2.33. The Bertz CT molecular complexity index is 911. The van der Waals surface area contributed by atoms with Gasteiger partial charge >= 0.3 is 6.03 Å². The van der Waals surface area contributed by atoms with Crippen LogP contribution < -0.4 is 21.1 Å². The molecule has 2 amide bonds. The summed E-state index contributed by atoms with van der Waals surface area (Å²) in [5.74, 6) is 0.524. The third-order valence-corrected chi connectivity index (χ3v) is 6.22. The van der Waals surface area contributed by atoms with Crippen molar-refractivity contribution in [1.29, 1.82) is 0 Å². The number of hydrogen-bond acceptors (Lipinski definition) is 4. The van der Waals surface area contributed by atoms with E-state index in [-0.39, 0.29) is 17.6 Å². The number of benzene rings is 1. The van der Waals surface area contributed by atoms with Crippen molar-refractivity contribution in [3.05, 3.63) is 34.6 Å². The number of aryl methyl sites for hydroxylation is 1. The molecule has 1 aromatic carbocycles. The Balaban J connectivity index is 1.39. The fraction of sp³-hybridized carbons (Fsp3) is 0.591. The molecule has 7 heteroatoms. The lowest BCUT2D eigenvalue weighted by atomic mass is 9.96. The molecule has 0 bridgehead atoms. The Hall–Kier alpha value is -2.57. The minimum Gasteiger partial charge on any atom is -0.352 e. The lowest BCUT2D eigenvalue weighted by Crippen LogP contribution is -2.51. The standard InChI is InChI=1S/C22H31N5O2/c1-2-27-19-11-7-6-10-18(19)25-20(21(27)28)26-14-12-17(13-15-26)24-22(29)23-16-8-4-3-5-9-16/h6-7,10-11,16-17H,2-5,8-9,12-15H2,1H3,(H2,23,24,29). The number of carbonyl (C=O) groups excluding carboxylic acids is 1. The van der Waals surface area contributed by atoms with E-state index in [1.54, 1.807) is 4.57 Å². The number of nitrogens with zero attached hydrogens (tertiary/aromatic N) is 3. The highest BCUT2D eigenvalue weighted by molar-refractivity contribution is 5.76. The molecule has 2 aromatic rings. The predicted octanol–water partition coefficient (Wildman–Crippen LogP) is 3.02. The number of amides is 2. The summed E-state index contributed by atoms with van der Waals surface area (Å²) in [5.41, 5.74) is 1.68. The molecule has 2 fully saturated rings. The summed E-state index contributed by atoms with van der Waals surface area (Å²) in [4.78, 5) is 32.0. The molecular weight excluding hydrogens is 366 g/mol. The van der Waals surface area contributed by atoms with Gasteiger partial charge in [-0.15, -0.1) is 0 Å². The summed E-state index contributed by atoms with van der Waals surface area (Å²) < 4.78 is 1.79. The van der Waals surface area contributed by atoms with E-state index in [9.17, 15) is 9.59 Å². The first-order valence-corrected chi connectivity index (χ1v) is 11.0. The van der Waals surface area contributed by atoms with Crippen molar-refractivity contribution >= 4 is 22.9 Å². The summed E-state index contributed by atoms with van der Waals surface area (Å²) >= 11 is 0. The van der Waals surface area contributed by atoms with Gasteiger partial charge in [0.05, 0.1) is 11.0 Å². The minimum absolute atomic E-state index is 0.0346. The Morgan fingerprint density at radius 3 is 2.38 bits per heavy atom. The van der Waals surface area contributed by atoms with E-state index in [1.165, 1.54) is 19.3 Å². The van der Waals surface area contributed by atoms with Crippen molar-refractivity contribution in [3.8, 4) is 0 Å². The van der Waals surface area contributed by atoms with Crippen molar-refractivity contribution in [2.24, 2.45) is 0 Å². The molecule has 0 atom stereocenters. The van der Waals surface area contributed by atoms with Crippen LogP contribution in [-0.2, 0) is 6.54 Å². The maximum Gasteiger partial charge on any atom is 0.315 e. The number of hydrogen-bond donors (Lipinski definition) is 2. The molecule has 2 heterocycles. The molecule has 0 radical (unpaired) electrons. The first kappa shape index (κ1) is 19.7. The summed E-state index contributed by atoms with van der Waals surface area (Å²) in [6.45, 7) is 4.05. The molecule has 2 aliphatic rings. The molecule has 1 saturated carbocycles. The average molecular weight is 398 g/mol. The number of aromatic nitrogens is 2. The highest BCUT2D eigenvalue weighted by atomic mass is 16.2. The largest absolute Gasteiger partial charge is 0.352 e. The molecule has 1 aliphatic heterocycles. The summed E-state index contributed by atoms with van der Waals surface area (Å²) in [6, 6.07) is 8.19. The number of para-hydroxylation sites is 2. The zero-order valence-corrected chi connectivity index (χ0v) is 17.2. The molecule has 29 heavy (non-hydrogen) atoms. The van der Waals surface area contributed by atoms with Crippen LogP contribution in [0.2, 0.25) is 0 Å². The van der Waals surface area contributed by atoms with E-state index in [0.717, 1.165) is 49.8 Å². The van der Waals surface area contributed by atoms with E-state index < -0.39 is 0 Å². The summed E-state index contributed by atoms with van der Waals surface area (Å²) in [5, 5.41) is 6.25. The third-order valence-electron chi connectivity index (χ3n) is 6.22. The van der Waals surface area contributed by atoms with E-state index >= 15 is 0 Å². The second-order valence-electron chi connectivity index (χ2n) is 8.19. The van der Waals surface area contributed by atoms with E-state index in [2.05, 4.69) is 20.5 Å². The molecule has 156 valence electrons. The van der Waals surface area contributed by atoms with Crippen molar-refractivity contribution < 1.29 is 4.79 Å². The van der Waals surface area contributed by atoms with Crippen LogP contribution in [0.3, 0.4) is 0 Å². The molecular formula is C22H31N5O2. The molecule has 1 saturated heterocycles. The molecule has 0 unspecified atom stereocenters. The van der Waals surface area contributed by atoms with Gasteiger partial charge in [0.2, 0.25) is 0 Å². The molecule has 1 aromatic heterocycles. The van der Waals surface area contributed by atoms with Gasteiger partial charge in [-0.1, -0.05) is 31.4 Å². The molecule has 1 aliphatic carbocycles. The second kappa shape index (κ2) is 8.84. The van der Waals surface area contributed by atoms with Crippen molar-refractivity contribution in [2.75, 3.05) is 18.0 Å². The number of fused-ring (bicyclic) bond motifs is 1. The lowest BCUT2D eigenvalue weighted by molar-refractivity contribution is 0.226. The third kappa shape index (κ3) is 4.38. The van der Waals surface area contributed by atoms with Gasteiger partial charge in [0, 0.05) is 31.7 Å². The highest BCUT2D eigenvalue weighted by Gasteiger charge is 2.25. The predicted molar refractivity (Wildman–Crippen MR) is 115 cm³/mol. The quantitative estimate of drug-likeness (QED) is 0.831. The van der Waals surface area contributed by atoms with Crippen LogP contribution in [0.4, 0.5) is 10.6 Å². The Morgan fingerprint density at radius 2 is 1.69 bits per heavy atom.